The van der Waals surface area contributed by atoms with Crippen molar-refractivity contribution < 1.29 is 14.7 Å². The van der Waals surface area contributed by atoms with Crippen LogP contribution >= 0.6 is 11.3 Å². The van der Waals surface area contributed by atoms with E-state index >= 15 is 0 Å². The number of nitrogens with zero attached hydrogens (tertiary/aromatic N) is 3. The molecule has 28 heavy (non-hydrogen) atoms. The summed E-state index contributed by atoms with van der Waals surface area (Å²) in [6, 6.07) is 0. The predicted octanol–water partition coefficient (Wildman–Crippen LogP) is 1.68. The Morgan fingerprint density at radius 2 is 2.04 bits per heavy atom. The van der Waals surface area contributed by atoms with Gasteiger partial charge in [-0.05, 0) is 18.8 Å². The number of nitrogens with one attached hydrogen (secondary N) is 1. The van der Waals surface area contributed by atoms with Gasteiger partial charge in [-0.3, -0.25) is 18.8 Å². The number of aromatic hydroxyl groups is 1. The van der Waals surface area contributed by atoms with Crippen molar-refractivity contribution in [1.82, 2.24) is 19.6 Å². The molecule has 2 aromatic heterocycles. The maximum absolute atomic E-state index is 12.8. The Morgan fingerprint density at radius 3 is 2.75 bits per heavy atom. The van der Waals surface area contributed by atoms with Crippen molar-refractivity contribution in [3.8, 4) is 5.88 Å². The number of hydrogen-bond donors (Lipinski definition) is 2. The third-order valence-electron chi connectivity index (χ3n) is 5.79. The van der Waals surface area contributed by atoms with Crippen LogP contribution in [0.25, 0.3) is 4.96 Å². The van der Waals surface area contributed by atoms with Gasteiger partial charge in [0.05, 0.1) is 6.54 Å². The molecule has 0 bridgehead atoms. The van der Waals surface area contributed by atoms with Gasteiger partial charge in [0.2, 0.25) is 16.7 Å². The molecule has 2 aliphatic rings. The smallest absolute Gasteiger partial charge is 0.275 e. The quantitative estimate of drug-likeness (QED) is 0.810. The van der Waals surface area contributed by atoms with E-state index in [2.05, 4.69) is 10.3 Å². The van der Waals surface area contributed by atoms with Crippen molar-refractivity contribution in [2.45, 2.75) is 51.5 Å². The van der Waals surface area contributed by atoms with Gasteiger partial charge >= 0.3 is 0 Å². The van der Waals surface area contributed by atoms with Crippen LogP contribution in [0.5, 0.6) is 5.88 Å². The average Bonchev–Trinajstić information content (AvgIpc) is 3.05. The van der Waals surface area contributed by atoms with Gasteiger partial charge in [0, 0.05) is 37.0 Å². The van der Waals surface area contributed by atoms with Gasteiger partial charge in [-0.2, -0.15) is 4.98 Å². The topological polar surface area (TPSA) is 104 Å². The van der Waals surface area contributed by atoms with Crippen LogP contribution in [0, 0.1) is 5.92 Å². The SMILES string of the molecule is CNC(=O)c1c(O)nc2sc3c(n2c1=O)CCN(C(=O)CC1CCCCC1)C3. The van der Waals surface area contributed by atoms with E-state index in [9.17, 15) is 19.5 Å². The largest absolute Gasteiger partial charge is 0.492 e. The highest BCUT2D eigenvalue weighted by atomic mass is 32.1. The number of thiazole rings is 1. The van der Waals surface area contributed by atoms with Gasteiger partial charge in [0.25, 0.3) is 11.5 Å². The molecule has 0 unspecified atom stereocenters. The van der Waals surface area contributed by atoms with Crippen molar-refractivity contribution in [1.29, 1.82) is 0 Å². The normalized spacial score (nSPS) is 17.5. The number of hydrogen-bond acceptors (Lipinski definition) is 6. The molecule has 4 rings (SSSR count). The lowest BCUT2D eigenvalue weighted by Gasteiger charge is -2.29. The van der Waals surface area contributed by atoms with Gasteiger partial charge in [-0.1, -0.05) is 30.6 Å². The summed E-state index contributed by atoms with van der Waals surface area (Å²) in [7, 11) is 1.40. The fraction of sp³-hybridized carbons (Fsp3) is 0.579. The zero-order valence-corrected chi connectivity index (χ0v) is 16.7. The summed E-state index contributed by atoms with van der Waals surface area (Å²) in [4.78, 5) is 44.6. The standard InChI is InChI=1S/C19H24N4O4S/c1-20-16(25)15-17(26)21-19-23(18(15)27)12-7-8-22(10-13(12)28-19)14(24)9-11-5-3-2-4-6-11/h11,26H,2-10H2,1H3,(H,20,25). The van der Waals surface area contributed by atoms with Gasteiger partial charge in [0.15, 0.2) is 5.56 Å². The number of carbonyl (C=O) groups excluding carboxylic acids is 2. The van der Waals surface area contributed by atoms with E-state index in [0.717, 1.165) is 23.4 Å². The lowest BCUT2D eigenvalue weighted by Crippen LogP contribution is -2.38. The van der Waals surface area contributed by atoms with Crippen LogP contribution in [0.1, 0.15) is 59.5 Å². The Balaban J connectivity index is 1.61. The minimum atomic E-state index is -0.663. The Hall–Kier alpha value is -2.42. The minimum Gasteiger partial charge on any atom is -0.492 e. The third-order valence-corrected chi connectivity index (χ3v) is 6.86. The minimum absolute atomic E-state index is 0.171. The van der Waals surface area contributed by atoms with Crippen LogP contribution in [0.15, 0.2) is 4.79 Å². The molecule has 1 aliphatic heterocycles. The summed E-state index contributed by atoms with van der Waals surface area (Å²) in [6.45, 7) is 0.997. The molecule has 9 heteroatoms. The molecule has 2 amide bonds. The molecule has 0 radical (unpaired) electrons. The van der Waals surface area contributed by atoms with E-state index in [4.69, 9.17) is 0 Å². The van der Waals surface area contributed by atoms with Crippen LogP contribution in [-0.2, 0) is 17.8 Å². The van der Waals surface area contributed by atoms with Crippen LogP contribution in [0.4, 0.5) is 0 Å². The van der Waals surface area contributed by atoms with Crippen LogP contribution in [-0.4, -0.2) is 44.8 Å². The fourth-order valence-corrected chi connectivity index (χ4v) is 5.43. The monoisotopic (exact) mass is 404 g/mol. The Kier molecular flexibility index (Phi) is 5.09. The number of rotatable bonds is 3. The summed E-state index contributed by atoms with van der Waals surface area (Å²) in [6.07, 6.45) is 7.09. The third kappa shape index (κ3) is 3.28. The Morgan fingerprint density at radius 1 is 1.29 bits per heavy atom. The zero-order chi connectivity index (χ0) is 19.8. The van der Waals surface area contributed by atoms with E-state index in [1.165, 1.54) is 42.0 Å². The highest BCUT2D eigenvalue weighted by Gasteiger charge is 2.29. The Labute approximate surface area is 166 Å². The molecule has 2 aromatic rings. The van der Waals surface area contributed by atoms with Gasteiger partial charge < -0.3 is 15.3 Å². The molecule has 0 spiro atoms. The molecule has 0 aromatic carbocycles. The molecule has 0 atom stereocenters. The molecule has 8 nitrogen and oxygen atoms in total. The molecule has 3 heterocycles. The van der Waals surface area contributed by atoms with Crippen molar-refractivity contribution in [2.24, 2.45) is 5.92 Å². The van der Waals surface area contributed by atoms with Crippen molar-refractivity contribution >= 4 is 28.1 Å². The van der Waals surface area contributed by atoms with Gasteiger partial charge in [-0.15, -0.1) is 0 Å². The molecular weight excluding hydrogens is 380 g/mol. The van der Waals surface area contributed by atoms with E-state index in [1.807, 2.05) is 4.90 Å². The predicted molar refractivity (Wildman–Crippen MR) is 105 cm³/mol. The maximum atomic E-state index is 12.8. The van der Waals surface area contributed by atoms with Gasteiger partial charge in [-0.25, -0.2) is 0 Å². The van der Waals surface area contributed by atoms with Gasteiger partial charge in [0.1, 0.15) is 0 Å². The molecule has 1 aliphatic carbocycles. The van der Waals surface area contributed by atoms with E-state index in [0.29, 0.717) is 36.8 Å². The van der Waals surface area contributed by atoms with E-state index < -0.39 is 17.3 Å². The summed E-state index contributed by atoms with van der Waals surface area (Å²) >= 11 is 1.29. The van der Waals surface area contributed by atoms with Crippen molar-refractivity contribution in [3.63, 3.8) is 0 Å². The lowest BCUT2D eigenvalue weighted by atomic mass is 9.86. The average molecular weight is 404 g/mol. The zero-order valence-electron chi connectivity index (χ0n) is 15.9. The second kappa shape index (κ2) is 7.54. The Bertz CT molecular complexity index is 990. The van der Waals surface area contributed by atoms with Crippen molar-refractivity contribution in [2.75, 3.05) is 13.6 Å². The second-order valence-corrected chi connectivity index (χ2v) is 8.62. The van der Waals surface area contributed by atoms with Crippen LogP contribution in [0.3, 0.4) is 0 Å². The summed E-state index contributed by atoms with van der Waals surface area (Å²) in [5, 5.41) is 12.4. The summed E-state index contributed by atoms with van der Waals surface area (Å²) in [5.41, 5.74) is -0.137. The molecule has 1 fully saturated rings. The first-order valence-corrected chi connectivity index (χ1v) is 10.6. The van der Waals surface area contributed by atoms with Crippen LogP contribution in [0.2, 0.25) is 0 Å². The molecular formula is C19H24N4O4S. The van der Waals surface area contributed by atoms with Crippen LogP contribution < -0.4 is 10.9 Å². The lowest BCUT2D eigenvalue weighted by molar-refractivity contribution is -0.133. The van der Waals surface area contributed by atoms with E-state index in [1.54, 1.807) is 0 Å². The number of fused-ring (bicyclic) bond motifs is 3. The molecule has 2 N–H and O–H groups in total. The first-order valence-electron chi connectivity index (χ1n) is 9.75. The number of amides is 2. The molecule has 1 saturated carbocycles. The highest BCUT2D eigenvalue weighted by molar-refractivity contribution is 7.17. The number of carbonyl (C=O) groups is 2. The summed E-state index contributed by atoms with van der Waals surface area (Å²) < 4.78 is 1.41. The first-order chi connectivity index (χ1) is 13.5. The molecule has 0 saturated heterocycles. The van der Waals surface area contributed by atoms with E-state index in [-0.39, 0.29) is 11.5 Å². The van der Waals surface area contributed by atoms with Crippen molar-refractivity contribution in [3.05, 3.63) is 26.5 Å². The number of aromatic nitrogens is 2. The molecule has 150 valence electrons. The second-order valence-electron chi connectivity index (χ2n) is 7.56. The summed E-state index contributed by atoms with van der Waals surface area (Å²) in [5.74, 6) is -0.566. The maximum Gasteiger partial charge on any atom is 0.275 e. The fourth-order valence-electron chi connectivity index (χ4n) is 4.26. The highest BCUT2D eigenvalue weighted by Crippen LogP contribution is 2.31. The first kappa shape index (κ1) is 18.9.